The molecule has 2 aliphatic rings. The summed E-state index contributed by atoms with van der Waals surface area (Å²) in [7, 11) is -0.466. The lowest BCUT2D eigenvalue weighted by Crippen LogP contribution is -2.46. The summed E-state index contributed by atoms with van der Waals surface area (Å²) >= 11 is 0. The summed E-state index contributed by atoms with van der Waals surface area (Å²) in [6.45, 7) is 1.81. The zero-order valence-corrected chi connectivity index (χ0v) is 22.5. The Morgan fingerprint density at radius 2 is 1.66 bits per heavy atom. The number of nitrogens with zero attached hydrogens (tertiary/aromatic N) is 2. The van der Waals surface area contributed by atoms with Crippen LogP contribution in [0.2, 0.25) is 0 Å². The van der Waals surface area contributed by atoms with Gasteiger partial charge in [0.25, 0.3) is 17.3 Å². The molecule has 1 aromatic carbocycles. The number of hydrogen-bond acceptors (Lipinski definition) is 9. The lowest BCUT2D eigenvalue weighted by Gasteiger charge is -2.30. The molecular weight excluding hydrogens is 515 g/mol. The normalized spacial score (nSPS) is 22.9. The number of carbonyl (C=O) groups excluding carboxylic acids is 2. The van der Waals surface area contributed by atoms with E-state index >= 15 is 0 Å². The van der Waals surface area contributed by atoms with Crippen molar-refractivity contribution in [3.8, 4) is 0 Å². The average Bonchev–Trinajstić information content (AvgIpc) is 3.54. The molecule has 1 aromatic heterocycles. The SMILES string of the molecule is COC(=O)C(OC[C@@H]1C2C=CC(C2)[C@@H]1Cn1cc(C)c(=O)n(C(=O)c2ccccc2)c1=O)P(=O)(OC)OC. The van der Waals surface area contributed by atoms with Crippen molar-refractivity contribution < 1.29 is 32.7 Å². The first kappa shape index (κ1) is 27.9. The Morgan fingerprint density at radius 3 is 2.26 bits per heavy atom. The highest BCUT2D eigenvalue weighted by Gasteiger charge is 2.48. The van der Waals surface area contributed by atoms with E-state index in [-0.39, 0.29) is 48.0 Å². The van der Waals surface area contributed by atoms with Crippen LogP contribution in [0.15, 0.2) is 58.3 Å². The number of esters is 1. The fourth-order valence-corrected chi connectivity index (χ4v) is 6.55. The predicted molar refractivity (Wildman–Crippen MR) is 137 cm³/mol. The quantitative estimate of drug-likeness (QED) is 0.250. The maximum absolute atomic E-state index is 13.4. The molecule has 1 fully saturated rings. The Kier molecular flexibility index (Phi) is 8.32. The average molecular weight is 547 g/mol. The van der Waals surface area contributed by atoms with Gasteiger partial charge in [0.2, 0.25) is 0 Å². The van der Waals surface area contributed by atoms with Crippen LogP contribution in [0.1, 0.15) is 22.3 Å². The second-order valence-corrected chi connectivity index (χ2v) is 11.7. The van der Waals surface area contributed by atoms with E-state index in [1.54, 1.807) is 37.3 Å². The second-order valence-electron chi connectivity index (χ2n) is 9.45. The molecule has 1 heterocycles. The first-order valence-electron chi connectivity index (χ1n) is 12.2. The van der Waals surface area contributed by atoms with Crippen LogP contribution in [0.3, 0.4) is 0 Å². The molecule has 12 heteroatoms. The van der Waals surface area contributed by atoms with E-state index in [1.165, 1.54) is 10.8 Å². The number of methoxy groups -OCH3 is 1. The van der Waals surface area contributed by atoms with Gasteiger partial charge in [-0.05, 0) is 49.1 Å². The highest BCUT2D eigenvalue weighted by molar-refractivity contribution is 7.55. The molecule has 11 nitrogen and oxygen atoms in total. The summed E-state index contributed by atoms with van der Waals surface area (Å²) in [5.41, 5.74) is -0.903. The molecule has 0 N–H and O–H groups in total. The Bertz CT molecular complexity index is 1390. The molecule has 204 valence electrons. The molecule has 0 amide bonds. The maximum atomic E-state index is 13.4. The lowest BCUT2D eigenvalue weighted by molar-refractivity contribution is -0.150. The fraction of sp³-hybridized carbons (Fsp3) is 0.462. The first-order valence-corrected chi connectivity index (χ1v) is 13.8. The zero-order valence-electron chi connectivity index (χ0n) is 21.6. The van der Waals surface area contributed by atoms with E-state index in [0.29, 0.717) is 4.57 Å². The van der Waals surface area contributed by atoms with Crippen LogP contribution in [-0.2, 0) is 34.4 Å². The van der Waals surface area contributed by atoms with Crippen molar-refractivity contribution in [2.24, 2.45) is 23.7 Å². The summed E-state index contributed by atoms with van der Waals surface area (Å²) in [5.74, 6) is -3.16. The minimum absolute atomic E-state index is 0.0307. The van der Waals surface area contributed by atoms with Crippen molar-refractivity contribution in [1.82, 2.24) is 9.13 Å². The summed E-state index contributed by atoms with van der Waals surface area (Å²) in [5, 5.41) is 0. The molecule has 0 aliphatic heterocycles. The zero-order chi connectivity index (χ0) is 27.6. The van der Waals surface area contributed by atoms with Crippen molar-refractivity contribution in [3.05, 3.63) is 80.6 Å². The van der Waals surface area contributed by atoms with Gasteiger partial charge in [-0.1, -0.05) is 30.4 Å². The number of fused-ring (bicyclic) bond motifs is 2. The number of hydrogen-bond donors (Lipinski definition) is 0. The highest BCUT2D eigenvalue weighted by Crippen LogP contribution is 2.54. The van der Waals surface area contributed by atoms with Crippen molar-refractivity contribution in [2.45, 2.75) is 25.7 Å². The third-order valence-corrected chi connectivity index (χ3v) is 9.36. The minimum Gasteiger partial charge on any atom is -0.467 e. The van der Waals surface area contributed by atoms with Crippen LogP contribution in [0.4, 0.5) is 0 Å². The number of allylic oxidation sites excluding steroid dienone is 2. The number of carbonyl (C=O) groups is 2. The monoisotopic (exact) mass is 546 g/mol. The van der Waals surface area contributed by atoms with Crippen LogP contribution in [0.25, 0.3) is 0 Å². The Hall–Kier alpha value is -3.11. The lowest BCUT2D eigenvalue weighted by atomic mass is 9.83. The smallest absolute Gasteiger partial charge is 0.370 e. The van der Waals surface area contributed by atoms with Gasteiger partial charge in [-0.25, -0.2) is 9.59 Å². The fourth-order valence-electron chi connectivity index (χ4n) is 5.39. The molecule has 0 spiro atoms. The standard InChI is InChI=1S/C26H31N2O9P/c1-16-13-27(26(32)28(22(16)29)23(30)17-8-6-5-7-9-17)14-20-18-10-11-19(12-18)21(20)15-37-25(24(31)34-2)38(33,35-3)36-4/h5-11,13,18-21,25H,12,14-15H2,1-4H3/t18?,19?,20-,21+,25?/m0/s1. The number of rotatable bonds is 10. The van der Waals surface area contributed by atoms with Crippen LogP contribution >= 0.6 is 7.60 Å². The largest absolute Gasteiger partial charge is 0.467 e. The third kappa shape index (κ3) is 5.11. The van der Waals surface area contributed by atoms with Crippen LogP contribution < -0.4 is 11.2 Å². The molecule has 0 saturated heterocycles. The number of aryl methyl sites for hydroxylation is 1. The summed E-state index contributed by atoms with van der Waals surface area (Å²) in [6, 6.07) is 8.15. The predicted octanol–water partition coefficient (Wildman–Crippen LogP) is 2.45. The van der Waals surface area contributed by atoms with E-state index in [0.717, 1.165) is 27.8 Å². The summed E-state index contributed by atoms with van der Waals surface area (Å²) in [4.78, 5) is 51.6. The Labute approximate surface area is 219 Å². The molecule has 0 radical (unpaired) electrons. The third-order valence-electron chi connectivity index (χ3n) is 7.40. The van der Waals surface area contributed by atoms with Gasteiger partial charge in [-0.3, -0.25) is 18.7 Å². The second kappa shape index (κ2) is 11.3. The molecule has 3 unspecified atom stereocenters. The van der Waals surface area contributed by atoms with E-state index in [1.807, 2.05) is 0 Å². The minimum atomic E-state index is -3.94. The molecule has 38 heavy (non-hydrogen) atoms. The van der Waals surface area contributed by atoms with Crippen LogP contribution in [-0.4, -0.2) is 54.8 Å². The first-order chi connectivity index (χ1) is 18.1. The maximum Gasteiger partial charge on any atom is 0.370 e. The van der Waals surface area contributed by atoms with Gasteiger partial charge in [-0.2, -0.15) is 4.57 Å². The number of aromatic nitrogens is 2. The van der Waals surface area contributed by atoms with Gasteiger partial charge in [0.1, 0.15) is 0 Å². The molecule has 2 bridgehead atoms. The van der Waals surface area contributed by atoms with Gasteiger partial charge >= 0.3 is 19.3 Å². The van der Waals surface area contributed by atoms with Gasteiger partial charge in [0, 0.05) is 38.1 Å². The van der Waals surface area contributed by atoms with E-state index in [9.17, 15) is 23.7 Å². The molecule has 1 saturated carbocycles. The summed E-state index contributed by atoms with van der Waals surface area (Å²) < 4.78 is 35.5. The van der Waals surface area contributed by atoms with Gasteiger partial charge < -0.3 is 18.5 Å². The number of ether oxygens (including phenoxy) is 2. The van der Waals surface area contributed by atoms with Crippen LogP contribution in [0.5, 0.6) is 0 Å². The van der Waals surface area contributed by atoms with Gasteiger partial charge in [0.05, 0.1) is 13.7 Å². The molecule has 4 rings (SSSR count). The van der Waals surface area contributed by atoms with Gasteiger partial charge in [0.15, 0.2) is 0 Å². The van der Waals surface area contributed by atoms with E-state index in [4.69, 9.17) is 18.5 Å². The molecule has 5 atom stereocenters. The topological polar surface area (TPSA) is 132 Å². The Morgan fingerprint density at radius 1 is 1.03 bits per heavy atom. The van der Waals surface area contributed by atoms with Crippen molar-refractivity contribution >= 4 is 19.5 Å². The van der Waals surface area contributed by atoms with Crippen LogP contribution in [0, 0.1) is 30.6 Å². The van der Waals surface area contributed by atoms with Crippen molar-refractivity contribution in [2.75, 3.05) is 27.9 Å². The molecule has 2 aliphatic carbocycles. The molecular formula is C26H31N2O9P. The van der Waals surface area contributed by atoms with Gasteiger partial charge in [-0.15, -0.1) is 0 Å². The number of benzene rings is 1. The van der Waals surface area contributed by atoms with Crippen molar-refractivity contribution in [3.63, 3.8) is 0 Å². The van der Waals surface area contributed by atoms with E-state index in [2.05, 4.69) is 12.2 Å². The van der Waals surface area contributed by atoms with E-state index < -0.39 is 36.6 Å². The summed E-state index contributed by atoms with van der Waals surface area (Å²) in [6.07, 6.45) is 6.45. The highest BCUT2D eigenvalue weighted by atomic mass is 31.2. The molecule has 2 aromatic rings. The van der Waals surface area contributed by atoms with Crippen molar-refractivity contribution in [1.29, 1.82) is 0 Å². The Balaban J connectivity index is 1.62.